The van der Waals surface area contributed by atoms with E-state index in [1.54, 1.807) is 6.92 Å². The van der Waals surface area contributed by atoms with Crippen LogP contribution in [-0.2, 0) is 4.74 Å². The Labute approximate surface area is 74.1 Å². The molecule has 76 valence electrons. The van der Waals surface area contributed by atoms with Crippen molar-refractivity contribution < 1.29 is 20.1 Å². The molecular formula is C8H20O4. The second kappa shape index (κ2) is 22.4. The van der Waals surface area contributed by atoms with Crippen LogP contribution in [0.2, 0.25) is 0 Å². The van der Waals surface area contributed by atoms with Crippen LogP contribution in [0.1, 0.15) is 13.8 Å². The van der Waals surface area contributed by atoms with Crippen LogP contribution in [0.3, 0.4) is 0 Å². The van der Waals surface area contributed by atoms with Gasteiger partial charge in [0.15, 0.2) is 6.29 Å². The fraction of sp³-hybridized carbons (Fsp3) is 0.750. The van der Waals surface area contributed by atoms with Crippen LogP contribution < -0.4 is 0 Å². The van der Waals surface area contributed by atoms with Crippen molar-refractivity contribution in [1.82, 2.24) is 0 Å². The van der Waals surface area contributed by atoms with Gasteiger partial charge in [0.2, 0.25) is 0 Å². The van der Waals surface area contributed by atoms with Crippen molar-refractivity contribution in [2.24, 2.45) is 0 Å². The Morgan fingerprint density at radius 1 is 1.25 bits per heavy atom. The fourth-order valence-electron chi connectivity index (χ4n) is 0.241. The number of ether oxygens (including phenoxy) is 1. The standard InChI is InChI=1S/C4H10O2.C2H6O2.C2H4/c1-3-6-4(2)5;3-1-2-4;1-2/h4-5H,3H2,1-2H3;3-4H,1-2H2;1-2H2. The summed E-state index contributed by atoms with van der Waals surface area (Å²) in [5, 5.41) is 23.6. The Kier molecular flexibility index (Phi) is 32.9. The van der Waals surface area contributed by atoms with Crippen molar-refractivity contribution in [2.45, 2.75) is 20.1 Å². The molecule has 0 aliphatic carbocycles. The van der Waals surface area contributed by atoms with Crippen LogP contribution in [-0.4, -0.2) is 41.4 Å². The molecule has 0 aliphatic rings. The number of hydrogen-bond acceptors (Lipinski definition) is 4. The molecule has 0 radical (unpaired) electrons. The lowest BCUT2D eigenvalue weighted by atomic mass is 10.7. The first-order valence-corrected chi connectivity index (χ1v) is 3.70. The molecular weight excluding hydrogens is 160 g/mol. The van der Waals surface area contributed by atoms with Crippen LogP contribution >= 0.6 is 0 Å². The largest absolute Gasteiger partial charge is 0.394 e. The smallest absolute Gasteiger partial charge is 0.151 e. The molecule has 0 spiro atoms. The first kappa shape index (κ1) is 17.6. The second-order valence-electron chi connectivity index (χ2n) is 1.50. The molecule has 0 amide bonds. The first-order chi connectivity index (χ1) is 5.68. The summed E-state index contributed by atoms with van der Waals surface area (Å²) in [6.07, 6.45) is -0.602. The fourth-order valence-corrected chi connectivity index (χ4v) is 0.241. The molecule has 12 heavy (non-hydrogen) atoms. The summed E-state index contributed by atoms with van der Waals surface area (Å²) in [4.78, 5) is 0. The summed E-state index contributed by atoms with van der Waals surface area (Å²) >= 11 is 0. The average Bonchev–Trinajstić information content (AvgIpc) is 2.08. The minimum Gasteiger partial charge on any atom is -0.394 e. The number of aliphatic hydroxyl groups is 3. The molecule has 0 fully saturated rings. The third-order valence-corrected chi connectivity index (χ3v) is 0.508. The molecule has 0 saturated carbocycles. The van der Waals surface area contributed by atoms with Crippen molar-refractivity contribution in [2.75, 3.05) is 19.8 Å². The second-order valence-corrected chi connectivity index (χ2v) is 1.50. The quantitative estimate of drug-likeness (QED) is 0.426. The number of aliphatic hydroxyl groups excluding tert-OH is 3. The molecule has 0 saturated heterocycles. The van der Waals surface area contributed by atoms with E-state index in [4.69, 9.17) is 15.3 Å². The number of rotatable bonds is 3. The maximum absolute atomic E-state index is 8.33. The maximum Gasteiger partial charge on any atom is 0.151 e. The van der Waals surface area contributed by atoms with Gasteiger partial charge in [-0.05, 0) is 13.8 Å². The zero-order valence-electron chi connectivity index (χ0n) is 7.86. The molecule has 0 heterocycles. The Hall–Kier alpha value is -0.420. The highest BCUT2D eigenvalue weighted by Crippen LogP contribution is 1.78. The molecule has 1 atom stereocenters. The Balaban J connectivity index is -0.000000118. The summed E-state index contributed by atoms with van der Waals surface area (Å²) in [6.45, 7) is 9.76. The third-order valence-electron chi connectivity index (χ3n) is 0.508. The molecule has 4 heteroatoms. The highest BCUT2D eigenvalue weighted by Gasteiger charge is 1.85. The highest BCUT2D eigenvalue weighted by atomic mass is 16.6. The predicted octanol–water partition coefficient (Wildman–Crippen LogP) is 0.134. The van der Waals surface area contributed by atoms with Crippen molar-refractivity contribution in [1.29, 1.82) is 0 Å². The van der Waals surface area contributed by atoms with Crippen molar-refractivity contribution in [3.8, 4) is 0 Å². The summed E-state index contributed by atoms with van der Waals surface area (Å²) in [5.74, 6) is 0. The Bertz CT molecular complexity index is 55.0. The normalized spacial score (nSPS) is 10.1. The van der Waals surface area contributed by atoms with Gasteiger partial charge >= 0.3 is 0 Å². The third kappa shape index (κ3) is 55.0. The summed E-state index contributed by atoms with van der Waals surface area (Å²) < 4.78 is 4.60. The van der Waals surface area contributed by atoms with Crippen LogP contribution in [0, 0.1) is 0 Å². The van der Waals surface area contributed by atoms with Gasteiger partial charge in [-0.3, -0.25) is 0 Å². The van der Waals surface area contributed by atoms with Gasteiger partial charge in [-0.1, -0.05) is 0 Å². The van der Waals surface area contributed by atoms with E-state index in [1.165, 1.54) is 0 Å². The van der Waals surface area contributed by atoms with Gasteiger partial charge in [-0.25, -0.2) is 0 Å². The first-order valence-electron chi connectivity index (χ1n) is 3.70. The monoisotopic (exact) mass is 180 g/mol. The SMILES string of the molecule is C=C.CCOC(C)O.OCCO. The molecule has 0 aromatic rings. The van der Waals surface area contributed by atoms with E-state index < -0.39 is 6.29 Å². The van der Waals surface area contributed by atoms with E-state index in [0.717, 1.165) is 0 Å². The van der Waals surface area contributed by atoms with Crippen LogP contribution in [0.5, 0.6) is 0 Å². The molecule has 3 N–H and O–H groups in total. The minimum atomic E-state index is -0.602. The summed E-state index contributed by atoms with van der Waals surface area (Å²) in [7, 11) is 0. The van der Waals surface area contributed by atoms with Gasteiger partial charge in [0, 0.05) is 6.61 Å². The van der Waals surface area contributed by atoms with Crippen molar-refractivity contribution >= 4 is 0 Å². The highest BCUT2D eigenvalue weighted by molar-refractivity contribution is 4.22. The van der Waals surface area contributed by atoms with E-state index in [0.29, 0.717) is 6.61 Å². The van der Waals surface area contributed by atoms with Crippen molar-refractivity contribution in [3.63, 3.8) is 0 Å². The summed E-state index contributed by atoms with van der Waals surface area (Å²) in [5.41, 5.74) is 0. The minimum absolute atomic E-state index is 0.125. The summed E-state index contributed by atoms with van der Waals surface area (Å²) in [6, 6.07) is 0. The maximum atomic E-state index is 8.33. The molecule has 1 unspecified atom stereocenters. The lowest BCUT2D eigenvalue weighted by Crippen LogP contribution is -2.04. The molecule has 0 aromatic heterocycles. The zero-order valence-corrected chi connectivity index (χ0v) is 7.86. The topological polar surface area (TPSA) is 69.9 Å². The van der Waals surface area contributed by atoms with Gasteiger partial charge in [-0.15, -0.1) is 13.2 Å². The van der Waals surface area contributed by atoms with E-state index in [9.17, 15) is 0 Å². The number of hydrogen-bond donors (Lipinski definition) is 3. The van der Waals surface area contributed by atoms with E-state index in [2.05, 4.69) is 17.9 Å². The van der Waals surface area contributed by atoms with Crippen LogP contribution in [0.4, 0.5) is 0 Å². The van der Waals surface area contributed by atoms with Gasteiger partial charge in [0.05, 0.1) is 13.2 Å². The van der Waals surface area contributed by atoms with E-state index >= 15 is 0 Å². The predicted molar refractivity (Wildman–Crippen MR) is 48.7 cm³/mol. The van der Waals surface area contributed by atoms with E-state index in [-0.39, 0.29) is 13.2 Å². The lowest BCUT2D eigenvalue weighted by Gasteiger charge is -1.99. The van der Waals surface area contributed by atoms with Crippen LogP contribution in [0.25, 0.3) is 0 Å². The van der Waals surface area contributed by atoms with E-state index in [1.807, 2.05) is 6.92 Å². The van der Waals surface area contributed by atoms with Gasteiger partial charge in [0.1, 0.15) is 0 Å². The average molecular weight is 180 g/mol. The van der Waals surface area contributed by atoms with Crippen LogP contribution in [0.15, 0.2) is 13.2 Å². The van der Waals surface area contributed by atoms with Crippen molar-refractivity contribution in [3.05, 3.63) is 13.2 Å². The lowest BCUT2D eigenvalue weighted by molar-refractivity contribution is -0.0800. The molecule has 4 nitrogen and oxygen atoms in total. The molecule has 0 bridgehead atoms. The Morgan fingerprint density at radius 2 is 1.58 bits per heavy atom. The van der Waals surface area contributed by atoms with Gasteiger partial charge < -0.3 is 20.1 Å². The molecule has 0 aliphatic heterocycles. The molecule has 0 aromatic carbocycles. The Morgan fingerprint density at radius 3 is 1.58 bits per heavy atom. The van der Waals surface area contributed by atoms with Gasteiger partial charge in [-0.2, -0.15) is 0 Å². The van der Waals surface area contributed by atoms with Gasteiger partial charge in [0.25, 0.3) is 0 Å². The molecule has 0 rings (SSSR count). The zero-order chi connectivity index (χ0) is 10.4.